The summed E-state index contributed by atoms with van der Waals surface area (Å²) in [7, 11) is 0. The number of nitrogens with one attached hydrogen (secondary N) is 1. The van der Waals surface area contributed by atoms with E-state index in [1.165, 1.54) is 0 Å². The maximum atomic E-state index is 11.4. The summed E-state index contributed by atoms with van der Waals surface area (Å²) >= 11 is 1.55. The first-order valence-electron chi connectivity index (χ1n) is 5.57. The van der Waals surface area contributed by atoms with Crippen molar-refractivity contribution in [3.05, 3.63) is 0 Å². The first-order chi connectivity index (χ1) is 7.47. The number of rotatable bonds is 8. The van der Waals surface area contributed by atoms with Crippen LogP contribution in [0.15, 0.2) is 0 Å². The molecule has 0 aromatic heterocycles. The van der Waals surface area contributed by atoms with Gasteiger partial charge in [0.05, 0.1) is 5.75 Å². The van der Waals surface area contributed by atoms with Gasteiger partial charge in [0.25, 0.3) is 0 Å². The molecular weight excluding hydrogens is 226 g/mol. The van der Waals surface area contributed by atoms with Crippen molar-refractivity contribution in [2.45, 2.75) is 39.7 Å². The molecule has 1 unspecified atom stereocenters. The van der Waals surface area contributed by atoms with E-state index < -0.39 is 12.0 Å². The highest BCUT2D eigenvalue weighted by Gasteiger charge is 2.16. The Kier molecular flexibility index (Phi) is 8.07. The molecule has 0 aliphatic carbocycles. The molecule has 1 atom stereocenters. The van der Waals surface area contributed by atoms with Gasteiger partial charge in [-0.05, 0) is 24.5 Å². The lowest BCUT2D eigenvalue weighted by atomic mass is 10.2. The molecule has 94 valence electrons. The molecule has 0 aliphatic heterocycles. The van der Waals surface area contributed by atoms with Gasteiger partial charge in [-0.3, -0.25) is 4.79 Å². The van der Waals surface area contributed by atoms with Gasteiger partial charge >= 0.3 is 5.97 Å². The Morgan fingerprint density at radius 3 is 2.44 bits per heavy atom. The number of carboxylic acid groups (broad SMARTS) is 1. The minimum atomic E-state index is -0.969. The van der Waals surface area contributed by atoms with E-state index in [0.29, 0.717) is 18.1 Å². The van der Waals surface area contributed by atoms with Crippen LogP contribution in [0, 0.1) is 5.92 Å². The van der Waals surface area contributed by atoms with Crippen LogP contribution >= 0.6 is 11.8 Å². The molecule has 16 heavy (non-hydrogen) atoms. The Hall–Kier alpha value is -0.710. The fraction of sp³-hybridized carbons (Fsp3) is 0.818. The highest BCUT2D eigenvalue weighted by Crippen LogP contribution is 2.08. The molecule has 0 saturated carbocycles. The molecule has 2 N–H and O–H groups in total. The van der Waals surface area contributed by atoms with E-state index in [1.807, 2.05) is 0 Å². The van der Waals surface area contributed by atoms with E-state index in [-0.39, 0.29) is 5.91 Å². The van der Waals surface area contributed by atoms with Crippen molar-refractivity contribution < 1.29 is 14.7 Å². The summed E-state index contributed by atoms with van der Waals surface area (Å²) in [6, 6.07) is -0.752. The third-order valence-corrected chi connectivity index (χ3v) is 3.10. The quantitative estimate of drug-likeness (QED) is 0.641. The first-order valence-corrected chi connectivity index (χ1v) is 6.72. The Morgan fingerprint density at radius 2 is 2.00 bits per heavy atom. The second kappa shape index (κ2) is 8.44. The van der Waals surface area contributed by atoms with Gasteiger partial charge in [0.15, 0.2) is 0 Å². The molecule has 5 heteroatoms. The zero-order chi connectivity index (χ0) is 12.6. The predicted octanol–water partition coefficient (Wildman–Crippen LogP) is 1.75. The highest BCUT2D eigenvalue weighted by atomic mass is 32.2. The Labute approximate surface area is 101 Å². The third-order valence-electron chi connectivity index (χ3n) is 2.11. The Morgan fingerprint density at radius 1 is 1.38 bits per heavy atom. The lowest BCUT2D eigenvalue weighted by Crippen LogP contribution is -2.41. The summed E-state index contributed by atoms with van der Waals surface area (Å²) in [6.45, 7) is 6.02. The molecule has 4 nitrogen and oxygen atoms in total. The van der Waals surface area contributed by atoms with Crippen molar-refractivity contribution in [3.8, 4) is 0 Å². The van der Waals surface area contributed by atoms with Crippen molar-refractivity contribution in [2.75, 3.05) is 11.5 Å². The van der Waals surface area contributed by atoms with Gasteiger partial charge in [0.1, 0.15) is 6.04 Å². The minimum absolute atomic E-state index is 0.192. The number of aliphatic carboxylic acids is 1. The van der Waals surface area contributed by atoms with E-state index in [2.05, 4.69) is 19.2 Å². The zero-order valence-corrected chi connectivity index (χ0v) is 11.0. The fourth-order valence-corrected chi connectivity index (χ4v) is 2.11. The summed E-state index contributed by atoms with van der Waals surface area (Å²) in [4.78, 5) is 22.0. The summed E-state index contributed by atoms with van der Waals surface area (Å²) in [5.74, 6) is 0.759. The van der Waals surface area contributed by atoms with E-state index in [4.69, 9.17) is 5.11 Å². The second-order valence-electron chi connectivity index (χ2n) is 4.10. The normalized spacial score (nSPS) is 12.5. The molecule has 0 aliphatic rings. The summed E-state index contributed by atoms with van der Waals surface area (Å²) in [6.07, 6.45) is 1.49. The number of amides is 1. The molecular formula is C11H21NO3S. The SMILES string of the molecule is CCC(NC(=O)CSCCC(C)C)C(=O)O. The minimum Gasteiger partial charge on any atom is -0.480 e. The molecule has 0 radical (unpaired) electrons. The lowest BCUT2D eigenvalue weighted by Gasteiger charge is -2.12. The number of thioether (sulfide) groups is 1. The van der Waals surface area contributed by atoms with Gasteiger partial charge in [-0.1, -0.05) is 20.8 Å². The summed E-state index contributed by atoms with van der Waals surface area (Å²) in [5.41, 5.74) is 0. The Bertz CT molecular complexity index is 231. The van der Waals surface area contributed by atoms with Gasteiger partial charge < -0.3 is 10.4 Å². The van der Waals surface area contributed by atoms with Gasteiger partial charge in [-0.25, -0.2) is 4.79 Å². The number of hydrogen-bond donors (Lipinski definition) is 2. The average Bonchev–Trinajstić information content (AvgIpc) is 2.20. The molecule has 0 saturated heterocycles. The standard InChI is InChI=1S/C11H21NO3S/c1-4-9(11(14)15)12-10(13)7-16-6-5-8(2)3/h8-9H,4-7H2,1-3H3,(H,12,13)(H,14,15). The molecule has 0 fully saturated rings. The first kappa shape index (κ1) is 15.3. The lowest BCUT2D eigenvalue weighted by molar-refractivity contribution is -0.141. The maximum Gasteiger partial charge on any atom is 0.326 e. The summed E-state index contributed by atoms with van der Waals surface area (Å²) in [5, 5.41) is 11.2. The molecule has 1 amide bonds. The van der Waals surface area contributed by atoms with Gasteiger partial charge in [-0.2, -0.15) is 11.8 Å². The molecule has 0 aromatic rings. The zero-order valence-electron chi connectivity index (χ0n) is 10.2. The molecule has 0 heterocycles. The average molecular weight is 247 g/mol. The van der Waals surface area contributed by atoms with Gasteiger partial charge in [0, 0.05) is 0 Å². The van der Waals surface area contributed by atoms with E-state index in [1.54, 1.807) is 18.7 Å². The van der Waals surface area contributed by atoms with Crippen molar-refractivity contribution in [1.82, 2.24) is 5.32 Å². The van der Waals surface area contributed by atoms with Crippen molar-refractivity contribution in [3.63, 3.8) is 0 Å². The third kappa shape index (κ3) is 7.56. The summed E-state index contributed by atoms with van der Waals surface area (Å²) < 4.78 is 0. The predicted molar refractivity (Wildman–Crippen MR) is 66.6 cm³/mol. The van der Waals surface area contributed by atoms with Gasteiger partial charge in [-0.15, -0.1) is 0 Å². The fourth-order valence-electron chi connectivity index (χ4n) is 1.06. The molecule has 0 rings (SSSR count). The van der Waals surface area contributed by atoms with E-state index in [9.17, 15) is 9.59 Å². The van der Waals surface area contributed by atoms with E-state index >= 15 is 0 Å². The largest absolute Gasteiger partial charge is 0.480 e. The van der Waals surface area contributed by atoms with Crippen molar-refractivity contribution in [1.29, 1.82) is 0 Å². The van der Waals surface area contributed by atoms with Crippen molar-refractivity contribution in [2.24, 2.45) is 5.92 Å². The monoisotopic (exact) mass is 247 g/mol. The molecule has 0 spiro atoms. The van der Waals surface area contributed by atoms with Crippen LogP contribution in [0.25, 0.3) is 0 Å². The Balaban J connectivity index is 3.69. The van der Waals surface area contributed by atoms with Crippen LogP contribution in [0.4, 0.5) is 0 Å². The van der Waals surface area contributed by atoms with Crippen LogP contribution in [0.2, 0.25) is 0 Å². The van der Waals surface area contributed by atoms with E-state index in [0.717, 1.165) is 12.2 Å². The van der Waals surface area contributed by atoms with Gasteiger partial charge in [0.2, 0.25) is 5.91 Å². The second-order valence-corrected chi connectivity index (χ2v) is 5.21. The number of carboxylic acids is 1. The molecule has 0 bridgehead atoms. The van der Waals surface area contributed by atoms with Crippen LogP contribution < -0.4 is 5.32 Å². The van der Waals surface area contributed by atoms with Crippen LogP contribution in [0.1, 0.15) is 33.6 Å². The number of hydrogen-bond acceptors (Lipinski definition) is 3. The highest BCUT2D eigenvalue weighted by molar-refractivity contribution is 7.99. The van der Waals surface area contributed by atoms with Crippen LogP contribution in [0.5, 0.6) is 0 Å². The van der Waals surface area contributed by atoms with Crippen molar-refractivity contribution >= 4 is 23.6 Å². The molecule has 0 aromatic carbocycles. The smallest absolute Gasteiger partial charge is 0.326 e. The maximum absolute atomic E-state index is 11.4. The number of carbonyl (C=O) groups is 2. The van der Waals surface area contributed by atoms with Crippen LogP contribution in [0.3, 0.4) is 0 Å². The topological polar surface area (TPSA) is 66.4 Å². The van der Waals surface area contributed by atoms with Crippen LogP contribution in [-0.4, -0.2) is 34.5 Å². The van der Waals surface area contributed by atoms with Crippen LogP contribution in [-0.2, 0) is 9.59 Å². The number of carbonyl (C=O) groups excluding carboxylic acids is 1.